The summed E-state index contributed by atoms with van der Waals surface area (Å²) in [4.78, 5) is 11.6. The SMILES string of the molecule is C#Cc1cc(C)c(/C=C/C(=O)OC(C)(C)C)c(C)c1. The van der Waals surface area contributed by atoms with E-state index in [9.17, 15) is 4.79 Å². The van der Waals surface area contributed by atoms with Crippen molar-refractivity contribution >= 4 is 12.0 Å². The van der Waals surface area contributed by atoms with E-state index in [4.69, 9.17) is 11.2 Å². The van der Waals surface area contributed by atoms with Crippen molar-refractivity contribution in [2.24, 2.45) is 0 Å². The number of hydrogen-bond donors (Lipinski definition) is 0. The topological polar surface area (TPSA) is 26.3 Å². The van der Waals surface area contributed by atoms with E-state index in [1.54, 1.807) is 6.08 Å². The fraction of sp³-hybridized carbons (Fsp3) is 0.353. The van der Waals surface area contributed by atoms with Gasteiger partial charge in [-0.15, -0.1) is 6.42 Å². The highest BCUT2D eigenvalue weighted by molar-refractivity contribution is 5.88. The summed E-state index contributed by atoms with van der Waals surface area (Å²) in [6, 6.07) is 3.86. The molecule has 0 saturated heterocycles. The van der Waals surface area contributed by atoms with E-state index in [0.29, 0.717) is 0 Å². The lowest BCUT2D eigenvalue weighted by Crippen LogP contribution is -2.22. The number of esters is 1. The summed E-state index contributed by atoms with van der Waals surface area (Å²) < 4.78 is 5.23. The normalized spacial score (nSPS) is 11.4. The minimum absolute atomic E-state index is 0.340. The molecule has 2 nitrogen and oxygen atoms in total. The molecule has 19 heavy (non-hydrogen) atoms. The number of carbonyl (C=O) groups is 1. The van der Waals surface area contributed by atoms with Gasteiger partial charge in [-0.3, -0.25) is 0 Å². The third kappa shape index (κ3) is 4.63. The van der Waals surface area contributed by atoms with Gasteiger partial charge >= 0.3 is 5.97 Å². The molecule has 0 aliphatic carbocycles. The number of aryl methyl sites for hydroxylation is 2. The molecule has 0 radical (unpaired) electrons. The van der Waals surface area contributed by atoms with E-state index in [2.05, 4.69) is 5.92 Å². The summed E-state index contributed by atoms with van der Waals surface area (Å²) in [6.07, 6.45) is 8.62. The lowest BCUT2D eigenvalue weighted by atomic mass is 9.99. The van der Waals surface area contributed by atoms with Crippen molar-refractivity contribution in [3.63, 3.8) is 0 Å². The molecule has 0 heterocycles. The summed E-state index contributed by atoms with van der Waals surface area (Å²) >= 11 is 0. The zero-order chi connectivity index (χ0) is 14.6. The number of hydrogen-bond acceptors (Lipinski definition) is 2. The van der Waals surface area contributed by atoms with Crippen molar-refractivity contribution in [2.75, 3.05) is 0 Å². The second kappa shape index (κ2) is 5.75. The van der Waals surface area contributed by atoms with Crippen molar-refractivity contribution in [1.29, 1.82) is 0 Å². The van der Waals surface area contributed by atoms with Crippen molar-refractivity contribution in [3.05, 3.63) is 40.5 Å². The Morgan fingerprint density at radius 2 is 1.79 bits per heavy atom. The fourth-order valence-electron chi connectivity index (χ4n) is 1.81. The summed E-state index contributed by atoms with van der Waals surface area (Å²) in [7, 11) is 0. The largest absolute Gasteiger partial charge is 0.457 e. The number of benzene rings is 1. The molecule has 0 amide bonds. The van der Waals surface area contributed by atoms with E-state index >= 15 is 0 Å². The predicted molar refractivity (Wildman–Crippen MR) is 78.7 cm³/mol. The molecule has 0 N–H and O–H groups in total. The maximum Gasteiger partial charge on any atom is 0.331 e. The van der Waals surface area contributed by atoms with Crippen LogP contribution in [-0.2, 0) is 9.53 Å². The monoisotopic (exact) mass is 256 g/mol. The third-order valence-electron chi connectivity index (χ3n) is 2.55. The molecule has 0 fully saturated rings. The van der Waals surface area contributed by atoms with E-state index in [1.165, 1.54) is 6.08 Å². The first-order chi connectivity index (χ1) is 8.73. The van der Waals surface area contributed by atoms with Gasteiger partial charge in [0.05, 0.1) is 0 Å². The van der Waals surface area contributed by atoms with Crippen LogP contribution in [0.3, 0.4) is 0 Å². The quantitative estimate of drug-likeness (QED) is 0.459. The van der Waals surface area contributed by atoms with Gasteiger partial charge in [0.2, 0.25) is 0 Å². The average Bonchev–Trinajstić information content (AvgIpc) is 2.25. The summed E-state index contributed by atoms with van der Waals surface area (Å²) in [6.45, 7) is 9.48. The molecule has 100 valence electrons. The van der Waals surface area contributed by atoms with Gasteiger partial charge in [-0.2, -0.15) is 0 Å². The molecular weight excluding hydrogens is 236 g/mol. The third-order valence-corrected chi connectivity index (χ3v) is 2.55. The summed E-state index contributed by atoms with van der Waals surface area (Å²) in [5, 5.41) is 0. The number of rotatable bonds is 2. The molecule has 0 saturated carbocycles. The lowest BCUT2D eigenvalue weighted by molar-refractivity contribution is -0.148. The molecule has 1 rings (SSSR count). The van der Waals surface area contributed by atoms with Crippen LogP contribution in [0.15, 0.2) is 18.2 Å². The molecule has 0 unspecified atom stereocenters. The van der Waals surface area contributed by atoms with E-state index in [0.717, 1.165) is 22.3 Å². The zero-order valence-corrected chi connectivity index (χ0v) is 12.2. The van der Waals surface area contributed by atoms with Gasteiger partial charge < -0.3 is 4.74 Å². The zero-order valence-electron chi connectivity index (χ0n) is 12.2. The Bertz CT molecular complexity index is 529. The van der Waals surface area contributed by atoms with Crippen LogP contribution in [0.25, 0.3) is 6.08 Å². The van der Waals surface area contributed by atoms with Crippen molar-refractivity contribution in [2.45, 2.75) is 40.2 Å². The average molecular weight is 256 g/mol. The molecule has 0 spiro atoms. The van der Waals surface area contributed by atoms with Gasteiger partial charge in [-0.25, -0.2) is 4.79 Å². The van der Waals surface area contributed by atoms with Gasteiger partial charge in [-0.05, 0) is 69.5 Å². The predicted octanol–water partition coefficient (Wildman–Crippen LogP) is 3.64. The smallest absolute Gasteiger partial charge is 0.331 e. The Hall–Kier alpha value is -2.01. The molecule has 0 aliphatic rings. The summed E-state index contributed by atoms with van der Waals surface area (Å²) in [5.74, 6) is 2.28. The van der Waals surface area contributed by atoms with Crippen LogP contribution in [0.4, 0.5) is 0 Å². The highest BCUT2D eigenvalue weighted by Gasteiger charge is 2.14. The fourth-order valence-corrected chi connectivity index (χ4v) is 1.81. The van der Waals surface area contributed by atoms with Crippen LogP contribution < -0.4 is 0 Å². The Morgan fingerprint density at radius 3 is 2.21 bits per heavy atom. The first-order valence-electron chi connectivity index (χ1n) is 6.22. The molecule has 0 atom stereocenters. The Morgan fingerprint density at radius 1 is 1.26 bits per heavy atom. The van der Waals surface area contributed by atoms with E-state index < -0.39 is 5.60 Å². The van der Waals surface area contributed by atoms with Crippen LogP contribution >= 0.6 is 0 Å². The summed E-state index contributed by atoms with van der Waals surface area (Å²) in [5.41, 5.74) is 3.48. The minimum Gasteiger partial charge on any atom is -0.457 e. The van der Waals surface area contributed by atoms with Gasteiger partial charge in [0, 0.05) is 11.6 Å². The van der Waals surface area contributed by atoms with E-state index in [-0.39, 0.29) is 5.97 Å². The molecule has 0 bridgehead atoms. The van der Waals surface area contributed by atoms with Crippen molar-refractivity contribution < 1.29 is 9.53 Å². The maximum atomic E-state index is 11.6. The highest BCUT2D eigenvalue weighted by Crippen LogP contribution is 2.18. The first-order valence-corrected chi connectivity index (χ1v) is 6.22. The number of ether oxygens (including phenoxy) is 1. The van der Waals surface area contributed by atoms with Gasteiger partial charge in [0.25, 0.3) is 0 Å². The van der Waals surface area contributed by atoms with Gasteiger partial charge in [-0.1, -0.05) is 5.92 Å². The minimum atomic E-state index is -0.473. The standard InChI is InChI=1S/C17H20O2/c1-7-14-10-12(2)15(13(3)11-14)8-9-16(18)19-17(4,5)6/h1,8-11H,2-6H3/b9-8+. The molecule has 0 aliphatic heterocycles. The first kappa shape index (κ1) is 15.0. The Kier molecular flexibility index (Phi) is 4.56. The van der Waals surface area contributed by atoms with Crippen LogP contribution in [0, 0.1) is 26.2 Å². The highest BCUT2D eigenvalue weighted by atomic mass is 16.6. The number of terminal acetylenes is 1. The van der Waals surface area contributed by atoms with Gasteiger partial charge in [0.1, 0.15) is 5.60 Å². The van der Waals surface area contributed by atoms with Crippen LogP contribution in [-0.4, -0.2) is 11.6 Å². The second-order valence-electron chi connectivity index (χ2n) is 5.53. The maximum absolute atomic E-state index is 11.6. The molecular formula is C17H20O2. The van der Waals surface area contributed by atoms with Crippen molar-refractivity contribution in [3.8, 4) is 12.3 Å². The second-order valence-corrected chi connectivity index (χ2v) is 5.53. The Balaban J connectivity index is 2.95. The molecule has 1 aromatic rings. The molecule has 0 aromatic heterocycles. The number of carbonyl (C=O) groups excluding carboxylic acids is 1. The molecule has 1 aromatic carbocycles. The van der Waals surface area contributed by atoms with Gasteiger partial charge in [0.15, 0.2) is 0 Å². The molecule has 2 heteroatoms. The van der Waals surface area contributed by atoms with E-state index in [1.807, 2.05) is 46.8 Å². The Labute approximate surface area is 115 Å². The van der Waals surface area contributed by atoms with Crippen LogP contribution in [0.2, 0.25) is 0 Å². The lowest BCUT2D eigenvalue weighted by Gasteiger charge is -2.18. The van der Waals surface area contributed by atoms with Crippen LogP contribution in [0.1, 0.15) is 43.0 Å². The van der Waals surface area contributed by atoms with Crippen molar-refractivity contribution in [1.82, 2.24) is 0 Å². The van der Waals surface area contributed by atoms with Crippen LogP contribution in [0.5, 0.6) is 0 Å².